The Balaban J connectivity index is 1.95. The van der Waals surface area contributed by atoms with E-state index in [1.807, 2.05) is 23.1 Å². The summed E-state index contributed by atoms with van der Waals surface area (Å²) < 4.78 is 5.17. The van der Waals surface area contributed by atoms with E-state index < -0.39 is 0 Å². The molecule has 1 aliphatic rings. The minimum atomic E-state index is -0.325. The van der Waals surface area contributed by atoms with Crippen LogP contribution in [-0.2, 0) is 0 Å². The highest BCUT2D eigenvalue weighted by molar-refractivity contribution is 6.20. The van der Waals surface area contributed by atoms with Crippen LogP contribution in [0.15, 0.2) is 54.6 Å². The Labute approximate surface area is 160 Å². The lowest BCUT2D eigenvalue weighted by atomic mass is 10.0. The number of amides is 3. The van der Waals surface area contributed by atoms with Crippen LogP contribution in [0, 0.1) is 0 Å². The molecule has 0 saturated carbocycles. The molecule has 2 aromatic carbocycles. The van der Waals surface area contributed by atoms with E-state index in [9.17, 15) is 9.59 Å². The van der Waals surface area contributed by atoms with E-state index in [2.05, 4.69) is 6.92 Å². The van der Waals surface area contributed by atoms with E-state index in [-0.39, 0.29) is 18.0 Å². The lowest BCUT2D eigenvalue weighted by Gasteiger charge is -2.38. The molecule has 5 nitrogen and oxygen atoms in total. The topological polar surface area (TPSA) is 49.9 Å². The minimum absolute atomic E-state index is 0.182. The number of methoxy groups -OCH3 is 1. The number of urea groups is 1. The SMILES string of the molecule is CCC1CCCCN1C(=O)N(C(=O)c1ccc(OC)cc1)c1ccccc1. The molecule has 0 bridgehead atoms. The highest BCUT2D eigenvalue weighted by Crippen LogP contribution is 2.25. The molecule has 3 amide bonds. The van der Waals surface area contributed by atoms with Crippen molar-refractivity contribution in [3.05, 3.63) is 60.2 Å². The van der Waals surface area contributed by atoms with Crippen molar-refractivity contribution in [1.82, 2.24) is 4.90 Å². The molecule has 2 aromatic rings. The van der Waals surface area contributed by atoms with Gasteiger partial charge < -0.3 is 9.64 Å². The van der Waals surface area contributed by atoms with Gasteiger partial charge in [0, 0.05) is 18.2 Å². The number of rotatable bonds is 4. The number of hydrogen-bond acceptors (Lipinski definition) is 3. The fourth-order valence-electron chi connectivity index (χ4n) is 3.56. The average Bonchev–Trinajstić information content (AvgIpc) is 2.74. The van der Waals surface area contributed by atoms with Gasteiger partial charge in [0.1, 0.15) is 5.75 Å². The van der Waals surface area contributed by atoms with Crippen LogP contribution >= 0.6 is 0 Å². The maximum absolute atomic E-state index is 13.4. The van der Waals surface area contributed by atoms with Crippen LogP contribution in [0.5, 0.6) is 5.75 Å². The Kier molecular flexibility index (Phi) is 6.12. The number of hydrogen-bond donors (Lipinski definition) is 0. The van der Waals surface area contributed by atoms with Crippen molar-refractivity contribution in [1.29, 1.82) is 0 Å². The normalized spacial score (nSPS) is 16.7. The first kappa shape index (κ1) is 19.0. The predicted octanol–water partition coefficient (Wildman–Crippen LogP) is 4.73. The molecule has 5 heteroatoms. The van der Waals surface area contributed by atoms with E-state index in [1.165, 1.54) is 4.90 Å². The standard InChI is InChI=1S/C22H26N2O3/c1-3-18-9-7-8-16-23(18)22(26)24(19-10-5-4-6-11-19)21(25)17-12-14-20(27-2)15-13-17/h4-6,10-15,18H,3,7-9,16H2,1-2H3. The summed E-state index contributed by atoms with van der Waals surface area (Å²) in [7, 11) is 1.58. The van der Waals surface area contributed by atoms with Gasteiger partial charge in [-0.15, -0.1) is 0 Å². The van der Waals surface area contributed by atoms with E-state index >= 15 is 0 Å². The number of carbonyl (C=O) groups excluding carboxylic acids is 2. The number of anilines is 1. The molecule has 1 unspecified atom stereocenters. The molecule has 0 aromatic heterocycles. The lowest BCUT2D eigenvalue weighted by molar-refractivity contribution is 0.0972. The highest BCUT2D eigenvalue weighted by Gasteiger charge is 2.33. The number of imide groups is 1. The van der Waals surface area contributed by atoms with Crippen LogP contribution in [0.25, 0.3) is 0 Å². The molecule has 1 fully saturated rings. The number of para-hydroxylation sites is 1. The average molecular weight is 366 g/mol. The van der Waals surface area contributed by atoms with Gasteiger partial charge in [0.05, 0.1) is 12.8 Å². The van der Waals surface area contributed by atoms with E-state index in [4.69, 9.17) is 4.74 Å². The van der Waals surface area contributed by atoms with Gasteiger partial charge in [-0.1, -0.05) is 25.1 Å². The summed E-state index contributed by atoms with van der Waals surface area (Å²) in [6, 6.07) is 15.9. The minimum Gasteiger partial charge on any atom is -0.497 e. The number of ether oxygens (including phenoxy) is 1. The zero-order chi connectivity index (χ0) is 19.2. The third-order valence-electron chi connectivity index (χ3n) is 5.09. The summed E-state index contributed by atoms with van der Waals surface area (Å²) in [6.07, 6.45) is 3.98. The molecule has 1 atom stereocenters. The van der Waals surface area contributed by atoms with Gasteiger partial charge in [0.2, 0.25) is 0 Å². The smallest absolute Gasteiger partial charge is 0.331 e. The zero-order valence-electron chi connectivity index (χ0n) is 15.9. The van der Waals surface area contributed by atoms with Crippen molar-refractivity contribution in [2.75, 3.05) is 18.6 Å². The third-order valence-corrected chi connectivity index (χ3v) is 5.09. The first-order valence-electron chi connectivity index (χ1n) is 9.50. The Morgan fingerprint density at radius 2 is 1.78 bits per heavy atom. The lowest BCUT2D eigenvalue weighted by Crippen LogP contribution is -2.52. The molecule has 3 rings (SSSR count). The number of carbonyl (C=O) groups is 2. The summed E-state index contributed by atoms with van der Waals surface area (Å²) >= 11 is 0. The van der Waals surface area contributed by atoms with Crippen LogP contribution < -0.4 is 9.64 Å². The molecule has 0 N–H and O–H groups in total. The number of piperidine rings is 1. The van der Waals surface area contributed by atoms with Crippen molar-refractivity contribution in [3.8, 4) is 5.75 Å². The largest absolute Gasteiger partial charge is 0.497 e. The summed E-state index contributed by atoms with van der Waals surface area (Å²) in [4.78, 5) is 29.8. The first-order chi connectivity index (χ1) is 13.2. The third kappa shape index (κ3) is 4.13. The summed E-state index contributed by atoms with van der Waals surface area (Å²) in [5.41, 5.74) is 1.04. The summed E-state index contributed by atoms with van der Waals surface area (Å²) in [6.45, 7) is 2.78. The number of nitrogens with zero attached hydrogens (tertiary/aromatic N) is 2. The zero-order valence-corrected chi connectivity index (χ0v) is 15.9. The molecule has 1 saturated heterocycles. The van der Waals surface area contributed by atoms with Crippen molar-refractivity contribution >= 4 is 17.6 Å². The summed E-state index contributed by atoms with van der Waals surface area (Å²) in [5.74, 6) is 0.348. The van der Waals surface area contributed by atoms with Crippen molar-refractivity contribution in [2.45, 2.75) is 38.6 Å². The fourth-order valence-corrected chi connectivity index (χ4v) is 3.56. The molecule has 1 heterocycles. The van der Waals surface area contributed by atoms with Gasteiger partial charge in [-0.2, -0.15) is 0 Å². The molecule has 0 aliphatic carbocycles. The van der Waals surface area contributed by atoms with Gasteiger partial charge >= 0.3 is 6.03 Å². The molecule has 27 heavy (non-hydrogen) atoms. The van der Waals surface area contributed by atoms with Crippen molar-refractivity contribution < 1.29 is 14.3 Å². The van der Waals surface area contributed by atoms with E-state index in [0.29, 0.717) is 23.5 Å². The Morgan fingerprint density at radius 3 is 2.41 bits per heavy atom. The summed E-state index contributed by atoms with van der Waals surface area (Å²) in [5, 5.41) is 0. The van der Waals surface area contributed by atoms with Crippen LogP contribution in [0.3, 0.4) is 0 Å². The van der Waals surface area contributed by atoms with E-state index in [1.54, 1.807) is 43.5 Å². The van der Waals surface area contributed by atoms with Gasteiger partial charge in [-0.25, -0.2) is 9.69 Å². The van der Waals surface area contributed by atoms with Gasteiger partial charge in [0.25, 0.3) is 5.91 Å². The van der Waals surface area contributed by atoms with Crippen LogP contribution in [0.1, 0.15) is 43.0 Å². The number of benzene rings is 2. The Morgan fingerprint density at radius 1 is 1.07 bits per heavy atom. The van der Waals surface area contributed by atoms with Crippen LogP contribution in [0.2, 0.25) is 0 Å². The monoisotopic (exact) mass is 366 g/mol. The second-order valence-electron chi connectivity index (χ2n) is 6.74. The molecular formula is C22H26N2O3. The first-order valence-corrected chi connectivity index (χ1v) is 9.50. The fraction of sp³-hybridized carbons (Fsp3) is 0.364. The molecule has 0 radical (unpaired) electrons. The molecule has 142 valence electrons. The molecule has 0 spiro atoms. The molecular weight excluding hydrogens is 340 g/mol. The van der Waals surface area contributed by atoms with Crippen LogP contribution in [0.4, 0.5) is 10.5 Å². The predicted molar refractivity (Wildman–Crippen MR) is 106 cm³/mol. The number of likely N-dealkylation sites (tertiary alicyclic amines) is 1. The quantitative estimate of drug-likeness (QED) is 0.786. The van der Waals surface area contributed by atoms with Gasteiger partial charge in [0.15, 0.2) is 0 Å². The van der Waals surface area contributed by atoms with Crippen molar-refractivity contribution in [3.63, 3.8) is 0 Å². The maximum atomic E-state index is 13.4. The van der Waals surface area contributed by atoms with Crippen molar-refractivity contribution in [2.24, 2.45) is 0 Å². The second kappa shape index (κ2) is 8.71. The van der Waals surface area contributed by atoms with E-state index in [0.717, 1.165) is 25.7 Å². The second-order valence-corrected chi connectivity index (χ2v) is 6.74. The van der Waals surface area contributed by atoms with Gasteiger partial charge in [-0.3, -0.25) is 4.79 Å². The maximum Gasteiger partial charge on any atom is 0.331 e. The molecule has 1 aliphatic heterocycles. The Bertz CT molecular complexity index is 774. The highest BCUT2D eigenvalue weighted by atomic mass is 16.5. The van der Waals surface area contributed by atoms with Gasteiger partial charge in [-0.05, 0) is 62.1 Å². The van der Waals surface area contributed by atoms with Crippen LogP contribution in [-0.4, -0.2) is 36.5 Å². The Hall–Kier alpha value is -2.82.